The van der Waals surface area contributed by atoms with E-state index >= 15 is 0 Å². The Labute approximate surface area is 205 Å². The van der Waals surface area contributed by atoms with Crippen LogP contribution in [0.15, 0.2) is 29.3 Å². The molecule has 7 heteroatoms. The first-order chi connectivity index (χ1) is 14.5. The number of likely N-dealkylation sites (N-methyl/N-ethyl adjacent to an activating group) is 1. The SMILES string of the molecule is CN=C(NCc1cccc(OCCN(C)C2CCOCC2)c1)N1CC(C)CC(C)C1.I. The number of hydrogen-bond acceptors (Lipinski definition) is 4. The topological polar surface area (TPSA) is 49.3 Å². The molecule has 3 rings (SSSR count). The lowest BCUT2D eigenvalue weighted by molar-refractivity contribution is 0.0392. The van der Waals surface area contributed by atoms with E-state index in [1.54, 1.807) is 0 Å². The van der Waals surface area contributed by atoms with Gasteiger partial charge < -0.3 is 19.7 Å². The molecule has 0 bridgehead atoms. The first kappa shape index (κ1) is 26.2. The lowest BCUT2D eigenvalue weighted by Crippen LogP contribution is -2.48. The number of benzene rings is 1. The first-order valence-corrected chi connectivity index (χ1v) is 11.5. The van der Waals surface area contributed by atoms with E-state index in [4.69, 9.17) is 9.47 Å². The van der Waals surface area contributed by atoms with Gasteiger partial charge in [0, 0.05) is 52.5 Å². The largest absolute Gasteiger partial charge is 0.492 e. The summed E-state index contributed by atoms with van der Waals surface area (Å²) in [5.74, 6) is 3.36. The molecule has 1 aromatic rings. The summed E-state index contributed by atoms with van der Waals surface area (Å²) in [6, 6.07) is 9.01. The van der Waals surface area contributed by atoms with Crippen molar-refractivity contribution in [1.29, 1.82) is 0 Å². The van der Waals surface area contributed by atoms with Crippen LogP contribution in [-0.2, 0) is 11.3 Å². The molecule has 6 nitrogen and oxygen atoms in total. The number of guanidine groups is 1. The summed E-state index contributed by atoms with van der Waals surface area (Å²) in [6.45, 7) is 11.0. The molecule has 0 radical (unpaired) electrons. The molecule has 0 aromatic heterocycles. The number of hydrogen-bond donors (Lipinski definition) is 1. The van der Waals surface area contributed by atoms with Crippen molar-refractivity contribution in [2.24, 2.45) is 16.8 Å². The minimum Gasteiger partial charge on any atom is -0.492 e. The van der Waals surface area contributed by atoms with Crippen LogP contribution >= 0.6 is 24.0 Å². The number of halogens is 1. The maximum Gasteiger partial charge on any atom is 0.193 e. The van der Waals surface area contributed by atoms with Gasteiger partial charge in [-0.3, -0.25) is 9.89 Å². The maximum absolute atomic E-state index is 6.04. The molecule has 31 heavy (non-hydrogen) atoms. The number of piperidine rings is 1. The summed E-state index contributed by atoms with van der Waals surface area (Å²) in [5, 5.41) is 3.54. The lowest BCUT2D eigenvalue weighted by Gasteiger charge is -2.37. The molecular weight excluding hydrogens is 503 g/mol. The summed E-state index contributed by atoms with van der Waals surface area (Å²) >= 11 is 0. The van der Waals surface area contributed by atoms with Crippen LogP contribution in [0.25, 0.3) is 0 Å². The Morgan fingerprint density at radius 3 is 2.61 bits per heavy atom. The van der Waals surface area contributed by atoms with Crippen LogP contribution in [0.1, 0.15) is 38.7 Å². The monoisotopic (exact) mass is 544 g/mol. The van der Waals surface area contributed by atoms with E-state index in [9.17, 15) is 0 Å². The standard InChI is InChI=1S/C24H40N4O2.HI/c1-19-14-20(2)18-28(17-19)24(25-3)26-16-21-6-5-7-23(15-21)30-13-10-27(4)22-8-11-29-12-9-22;/h5-7,15,19-20,22H,8-14,16-18H2,1-4H3,(H,25,26);1H. The lowest BCUT2D eigenvalue weighted by atomic mass is 9.92. The Bertz CT molecular complexity index is 671. The van der Waals surface area contributed by atoms with Gasteiger partial charge in [-0.25, -0.2) is 0 Å². The fourth-order valence-electron chi connectivity index (χ4n) is 4.71. The molecule has 2 aliphatic rings. The molecule has 2 unspecified atom stereocenters. The smallest absolute Gasteiger partial charge is 0.193 e. The van der Waals surface area contributed by atoms with Crippen LogP contribution in [0, 0.1) is 11.8 Å². The van der Waals surface area contributed by atoms with Crippen LogP contribution < -0.4 is 10.1 Å². The zero-order chi connectivity index (χ0) is 21.3. The van der Waals surface area contributed by atoms with Crippen molar-refractivity contribution in [3.8, 4) is 5.75 Å². The summed E-state index contributed by atoms with van der Waals surface area (Å²) in [6.07, 6.45) is 3.54. The van der Waals surface area contributed by atoms with Gasteiger partial charge in [0.05, 0.1) is 0 Å². The number of likely N-dealkylation sites (tertiary alicyclic amines) is 1. The second-order valence-corrected chi connectivity index (χ2v) is 9.07. The van der Waals surface area contributed by atoms with Crippen LogP contribution in [-0.4, -0.2) is 75.4 Å². The van der Waals surface area contributed by atoms with Gasteiger partial charge in [-0.1, -0.05) is 26.0 Å². The second-order valence-electron chi connectivity index (χ2n) is 9.07. The Balaban J connectivity index is 0.00000341. The van der Waals surface area contributed by atoms with E-state index in [-0.39, 0.29) is 24.0 Å². The van der Waals surface area contributed by atoms with Crippen molar-refractivity contribution in [3.05, 3.63) is 29.8 Å². The van der Waals surface area contributed by atoms with Gasteiger partial charge in [0.15, 0.2) is 5.96 Å². The minimum atomic E-state index is 0. The van der Waals surface area contributed by atoms with Gasteiger partial charge >= 0.3 is 0 Å². The molecule has 0 saturated carbocycles. The average Bonchev–Trinajstić information content (AvgIpc) is 2.74. The van der Waals surface area contributed by atoms with Gasteiger partial charge in [-0.2, -0.15) is 0 Å². The highest BCUT2D eigenvalue weighted by Crippen LogP contribution is 2.21. The number of ether oxygens (including phenoxy) is 2. The number of nitrogens with one attached hydrogen (secondary N) is 1. The minimum absolute atomic E-state index is 0. The summed E-state index contributed by atoms with van der Waals surface area (Å²) in [4.78, 5) is 9.31. The normalized spacial score (nSPS) is 22.9. The fraction of sp³-hybridized carbons (Fsp3) is 0.708. The molecule has 0 amide bonds. The Kier molecular flexibility index (Phi) is 11.4. The Morgan fingerprint density at radius 1 is 1.23 bits per heavy atom. The van der Waals surface area contributed by atoms with Crippen molar-refractivity contribution >= 4 is 29.9 Å². The van der Waals surface area contributed by atoms with Gasteiger partial charge in [0.2, 0.25) is 0 Å². The van der Waals surface area contributed by atoms with Gasteiger partial charge in [0.1, 0.15) is 12.4 Å². The summed E-state index contributed by atoms with van der Waals surface area (Å²) in [7, 11) is 4.06. The zero-order valence-electron chi connectivity index (χ0n) is 19.7. The highest BCUT2D eigenvalue weighted by atomic mass is 127. The van der Waals surface area contributed by atoms with Crippen molar-refractivity contribution < 1.29 is 9.47 Å². The van der Waals surface area contributed by atoms with Crippen LogP contribution in [0.4, 0.5) is 0 Å². The summed E-state index contributed by atoms with van der Waals surface area (Å²) in [5.41, 5.74) is 1.21. The first-order valence-electron chi connectivity index (χ1n) is 11.5. The van der Waals surface area contributed by atoms with Crippen LogP contribution in [0.3, 0.4) is 0 Å². The molecule has 2 aliphatic heterocycles. The van der Waals surface area contributed by atoms with Crippen LogP contribution in [0.2, 0.25) is 0 Å². The third-order valence-electron chi connectivity index (χ3n) is 6.26. The highest BCUT2D eigenvalue weighted by Gasteiger charge is 2.24. The van der Waals surface area contributed by atoms with E-state index in [0.717, 1.165) is 63.9 Å². The third-order valence-corrected chi connectivity index (χ3v) is 6.26. The predicted molar refractivity (Wildman–Crippen MR) is 139 cm³/mol. The Hall–Kier alpha value is -1.06. The maximum atomic E-state index is 6.04. The van der Waals surface area contributed by atoms with Crippen molar-refractivity contribution in [3.63, 3.8) is 0 Å². The number of nitrogens with zero attached hydrogens (tertiary/aromatic N) is 3. The molecule has 1 N–H and O–H groups in total. The van der Waals surface area contributed by atoms with Crippen molar-refractivity contribution in [2.75, 3.05) is 53.6 Å². The van der Waals surface area contributed by atoms with Crippen LogP contribution in [0.5, 0.6) is 5.75 Å². The van der Waals surface area contributed by atoms with Gasteiger partial charge in [-0.15, -0.1) is 24.0 Å². The second kappa shape index (κ2) is 13.5. The Morgan fingerprint density at radius 2 is 1.94 bits per heavy atom. The molecular formula is C24H41IN4O2. The summed E-state index contributed by atoms with van der Waals surface area (Å²) < 4.78 is 11.5. The quantitative estimate of drug-likeness (QED) is 0.321. The van der Waals surface area contributed by atoms with E-state index < -0.39 is 0 Å². The van der Waals surface area contributed by atoms with Crippen molar-refractivity contribution in [2.45, 2.75) is 45.7 Å². The molecule has 1 aromatic carbocycles. The predicted octanol–water partition coefficient (Wildman–Crippen LogP) is 3.85. The molecule has 2 fully saturated rings. The highest BCUT2D eigenvalue weighted by molar-refractivity contribution is 14.0. The zero-order valence-corrected chi connectivity index (χ0v) is 22.0. The number of aliphatic imine (C=N–C) groups is 1. The molecule has 2 atom stereocenters. The van der Waals surface area contributed by atoms with E-state index in [0.29, 0.717) is 24.5 Å². The average molecular weight is 545 g/mol. The third kappa shape index (κ3) is 8.42. The van der Waals surface area contributed by atoms with E-state index in [1.807, 2.05) is 13.1 Å². The van der Waals surface area contributed by atoms with Crippen molar-refractivity contribution in [1.82, 2.24) is 15.1 Å². The molecule has 0 aliphatic carbocycles. The molecule has 2 saturated heterocycles. The molecule has 0 spiro atoms. The van der Waals surface area contributed by atoms with E-state index in [2.05, 4.69) is 59.2 Å². The number of rotatable bonds is 7. The van der Waals surface area contributed by atoms with Gasteiger partial charge in [0.25, 0.3) is 0 Å². The molecule has 176 valence electrons. The van der Waals surface area contributed by atoms with Gasteiger partial charge in [-0.05, 0) is 55.8 Å². The molecule has 2 heterocycles. The van der Waals surface area contributed by atoms with E-state index in [1.165, 1.54) is 12.0 Å². The fourth-order valence-corrected chi connectivity index (χ4v) is 4.71.